The number of hydrogen-bond donors (Lipinski definition) is 1. The smallest absolute Gasteiger partial charge is 0.121 e. The summed E-state index contributed by atoms with van der Waals surface area (Å²) in [5.74, 6) is 0.595. The molecule has 2 heterocycles. The molecule has 0 bridgehead atoms. The Morgan fingerprint density at radius 3 is 2.74 bits per heavy atom. The molecule has 0 saturated heterocycles. The first-order valence-electron chi connectivity index (χ1n) is 6.26. The van der Waals surface area contributed by atoms with E-state index < -0.39 is 0 Å². The Morgan fingerprint density at radius 1 is 1.16 bits per heavy atom. The van der Waals surface area contributed by atoms with Gasteiger partial charge in [-0.25, -0.2) is 4.99 Å². The van der Waals surface area contributed by atoms with Gasteiger partial charge in [0.1, 0.15) is 12.5 Å². The summed E-state index contributed by atoms with van der Waals surface area (Å²) in [6.45, 7) is 1.46. The fourth-order valence-electron chi connectivity index (χ4n) is 2.11. The molecule has 0 saturated carbocycles. The second-order valence-corrected chi connectivity index (χ2v) is 4.55. The lowest BCUT2D eigenvalue weighted by atomic mass is 10.2. The molecule has 0 radical (unpaired) electrons. The first-order valence-corrected chi connectivity index (χ1v) is 6.26. The van der Waals surface area contributed by atoms with Gasteiger partial charge >= 0.3 is 0 Å². The highest BCUT2D eigenvalue weighted by Crippen LogP contribution is 2.13. The quantitative estimate of drug-likeness (QED) is 0.909. The second kappa shape index (κ2) is 5.02. The van der Waals surface area contributed by atoms with Crippen LogP contribution in [0.15, 0.2) is 66.1 Å². The minimum Gasteiger partial charge on any atom is -0.384 e. The Kier molecular flexibility index (Phi) is 3.06. The van der Waals surface area contributed by atoms with E-state index in [2.05, 4.69) is 38.7 Å². The van der Waals surface area contributed by atoms with Gasteiger partial charge in [-0.05, 0) is 35.9 Å². The minimum atomic E-state index is 0.595. The summed E-state index contributed by atoms with van der Waals surface area (Å²) < 4.78 is 2.10. The van der Waals surface area contributed by atoms with Gasteiger partial charge in [0.2, 0.25) is 0 Å². The highest BCUT2D eigenvalue weighted by molar-refractivity contribution is 5.91. The molecule has 1 aliphatic heterocycles. The summed E-state index contributed by atoms with van der Waals surface area (Å²) >= 11 is 0. The van der Waals surface area contributed by atoms with Gasteiger partial charge in [-0.3, -0.25) is 0 Å². The van der Waals surface area contributed by atoms with Crippen LogP contribution in [0, 0.1) is 0 Å². The largest absolute Gasteiger partial charge is 0.384 e. The molecular formula is C15H16N4. The highest BCUT2D eigenvalue weighted by Gasteiger charge is 2.05. The van der Waals surface area contributed by atoms with Crippen molar-refractivity contribution >= 4 is 5.84 Å². The van der Waals surface area contributed by atoms with Gasteiger partial charge in [-0.2, -0.15) is 0 Å². The predicted molar refractivity (Wildman–Crippen MR) is 76.9 cm³/mol. The van der Waals surface area contributed by atoms with Gasteiger partial charge in [0.25, 0.3) is 0 Å². The molecule has 0 unspecified atom stereocenters. The molecule has 0 spiro atoms. The van der Waals surface area contributed by atoms with Crippen LogP contribution >= 0.6 is 0 Å². The average molecular weight is 252 g/mol. The zero-order valence-corrected chi connectivity index (χ0v) is 10.6. The van der Waals surface area contributed by atoms with Crippen molar-refractivity contribution in [2.75, 3.05) is 6.67 Å². The summed E-state index contributed by atoms with van der Waals surface area (Å²) in [4.78, 5) is 6.34. The van der Waals surface area contributed by atoms with Crippen LogP contribution in [0.25, 0.3) is 5.69 Å². The number of aliphatic imine (C=N–C) groups is 1. The first-order chi connectivity index (χ1) is 9.31. The molecule has 4 heteroatoms. The van der Waals surface area contributed by atoms with E-state index in [0.717, 1.165) is 6.54 Å². The summed E-state index contributed by atoms with van der Waals surface area (Å²) in [5, 5.41) is 0. The average Bonchev–Trinajstić information content (AvgIpc) is 2.96. The Hall–Kier alpha value is -2.49. The third-order valence-corrected chi connectivity index (χ3v) is 3.09. The molecule has 1 aromatic heterocycles. The molecule has 2 N–H and O–H groups in total. The predicted octanol–water partition coefficient (Wildman–Crippen LogP) is 2.12. The molecule has 0 atom stereocenters. The van der Waals surface area contributed by atoms with E-state index in [1.807, 2.05) is 36.8 Å². The number of nitrogens with two attached hydrogens (primary N) is 1. The maximum atomic E-state index is 5.61. The van der Waals surface area contributed by atoms with E-state index in [4.69, 9.17) is 5.73 Å². The van der Waals surface area contributed by atoms with Gasteiger partial charge in [-0.15, -0.1) is 0 Å². The Labute approximate surface area is 112 Å². The van der Waals surface area contributed by atoms with Crippen LogP contribution in [0.4, 0.5) is 0 Å². The molecule has 0 fully saturated rings. The molecule has 0 amide bonds. The van der Waals surface area contributed by atoms with Crippen LogP contribution in [-0.4, -0.2) is 22.0 Å². The normalized spacial score (nSPS) is 14.5. The molecule has 0 aliphatic carbocycles. The molecule has 4 nitrogen and oxygen atoms in total. The van der Waals surface area contributed by atoms with Crippen LogP contribution in [-0.2, 0) is 6.54 Å². The van der Waals surface area contributed by atoms with E-state index in [1.54, 1.807) is 0 Å². The summed E-state index contributed by atoms with van der Waals surface area (Å²) in [6, 6.07) is 12.6. The van der Waals surface area contributed by atoms with Gasteiger partial charge in [-0.1, -0.05) is 12.1 Å². The van der Waals surface area contributed by atoms with Crippen molar-refractivity contribution < 1.29 is 0 Å². The van der Waals surface area contributed by atoms with Gasteiger partial charge in [0.15, 0.2) is 0 Å². The van der Waals surface area contributed by atoms with E-state index in [-0.39, 0.29) is 0 Å². The van der Waals surface area contributed by atoms with Crippen molar-refractivity contribution in [1.82, 2.24) is 9.47 Å². The van der Waals surface area contributed by atoms with E-state index in [0.29, 0.717) is 12.5 Å². The van der Waals surface area contributed by atoms with Crippen LogP contribution in [0.3, 0.4) is 0 Å². The number of nitrogens with zero attached hydrogens (tertiary/aromatic N) is 3. The lowest BCUT2D eigenvalue weighted by Gasteiger charge is -2.21. The summed E-state index contributed by atoms with van der Waals surface area (Å²) in [5.41, 5.74) is 8.04. The fourth-order valence-corrected chi connectivity index (χ4v) is 2.11. The molecule has 1 aromatic carbocycles. The Balaban J connectivity index is 1.76. The zero-order chi connectivity index (χ0) is 13.1. The van der Waals surface area contributed by atoms with Crippen LogP contribution < -0.4 is 5.73 Å². The number of rotatable bonds is 3. The molecule has 96 valence electrons. The van der Waals surface area contributed by atoms with E-state index in [9.17, 15) is 0 Å². The van der Waals surface area contributed by atoms with Gasteiger partial charge in [0, 0.05) is 30.8 Å². The van der Waals surface area contributed by atoms with Gasteiger partial charge in [0.05, 0.1) is 0 Å². The molecule has 1 aliphatic rings. The zero-order valence-electron chi connectivity index (χ0n) is 10.6. The molecule has 3 rings (SSSR count). The SMILES string of the molecule is NC1=NCN(Cc2cccc(-n3cccc3)c2)C=C1. The molecule has 2 aromatic rings. The van der Waals surface area contributed by atoms with Crippen molar-refractivity contribution in [3.63, 3.8) is 0 Å². The van der Waals surface area contributed by atoms with E-state index in [1.165, 1.54) is 11.3 Å². The van der Waals surface area contributed by atoms with Crippen molar-refractivity contribution in [3.05, 3.63) is 66.6 Å². The monoisotopic (exact) mass is 252 g/mol. The lowest BCUT2D eigenvalue weighted by Crippen LogP contribution is -2.24. The number of aromatic nitrogens is 1. The van der Waals surface area contributed by atoms with Crippen molar-refractivity contribution in [2.45, 2.75) is 6.54 Å². The van der Waals surface area contributed by atoms with Crippen molar-refractivity contribution in [2.24, 2.45) is 10.7 Å². The minimum absolute atomic E-state index is 0.595. The third-order valence-electron chi connectivity index (χ3n) is 3.09. The topological polar surface area (TPSA) is 46.5 Å². The van der Waals surface area contributed by atoms with Crippen LogP contribution in [0.1, 0.15) is 5.56 Å². The summed E-state index contributed by atoms with van der Waals surface area (Å²) in [7, 11) is 0. The maximum absolute atomic E-state index is 5.61. The lowest BCUT2D eigenvalue weighted by molar-refractivity contribution is 0.378. The van der Waals surface area contributed by atoms with Crippen molar-refractivity contribution in [1.29, 1.82) is 0 Å². The highest BCUT2D eigenvalue weighted by atomic mass is 15.2. The molecular weight excluding hydrogens is 236 g/mol. The van der Waals surface area contributed by atoms with E-state index >= 15 is 0 Å². The van der Waals surface area contributed by atoms with Crippen LogP contribution in [0.2, 0.25) is 0 Å². The Bertz CT molecular complexity index is 611. The maximum Gasteiger partial charge on any atom is 0.121 e. The number of hydrogen-bond acceptors (Lipinski definition) is 3. The first kappa shape index (κ1) is 11.6. The Morgan fingerprint density at radius 2 is 2.00 bits per heavy atom. The number of amidine groups is 1. The second-order valence-electron chi connectivity index (χ2n) is 4.55. The standard InChI is InChI=1S/C15H16N4/c16-15-6-9-18(12-17-15)11-13-4-3-5-14(10-13)19-7-1-2-8-19/h1-10H,11-12H2,(H2,16,17). The van der Waals surface area contributed by atoms with Gasteiger partial charge < -0.3 is 15.2 Å². The molecule has 19 heavy (non-hydrogen) atoms. The number of benzene rings is 1. The van der Waals surface area contributed by atoms with Crippen LogP contribution in [0.5, 0.6) is 0 Å². The summed E-state index contributed by atoms with van der Waals surface area (Å²) in [6.07, 6.45) is 7.92. The van der Waals surface area contributed by atoms with Crippen molar-refractivity contribution in [3.8, 4) is 5.69 Å². The fraction of sp³-hybridized carbons (Fsp3) is 0.133. The third kappa shape index (κ3) is 2.68.